The van der Waals surface area contributed by atoms with Crippen molar-refractivity contribution in [1.82, 2.24) is 39.8 Å². The minimum atomic E-state index is -0.711. The van der Waals surface area contributed by atoms with Gasteiger partial charge in [0.15, 0.2) is 11.3 Å². The Labute approximate surface area is 319 Å². The molecule has 56 heavy (non-hydrogen) atoms. The molecule has 0 aliphatic carbocycles. The second-order valence-electron chi connectivity index (χ2n) is 13.4. The molecule has 282 valence electrons. The first-order valence-corrected chi connectivity index (χ1v) is 18.1. The summed E-state index contributed by atoms with van der Waals surface area (Å²) in [5.74, 6) is 0.304. The second kappa shape index (κ2) is 14.9. The molecule has 6 aromatic rings. The predicted octanol–water partition coefficient (Wildman–Crippen LogP) is 3.56. The lowest BCUT2D eigenvalue weighted by atomic mass is 9.98. The molecule has 0 unspecified atom stereocenters. The lowest BCUT2D eigenvalue weighted by Gasteiger charge is -2.28. The van der Waals surface area contributed by atoms with Crippen molar-refractivity contribution in [2.45, 2.75) is 39.5 Å². The summed E-state index contributed by atoms with van der Waals surface area (Å²) in [4.78, 5) is 39.9. The molecule has 2 amide bonds. The van der Waals surface area contributed by atoms with Crippen LogP contribution in [0.4, 0.5) is 16.0 Å². The van der Waals surface area contributed by atoms with E-state index in [1.807, 2.05) is 16.7 Å². The number of nitrogens with one attached hydrogen (secondary N) is 2. The van der Waals surface area contributed by atoms with Crippen molar-refractivity contribution in [3.63, 3.8) is 0 Å². The van der Waals surface area contributed by atoms with E-state index in [0.29, 0.717) is 68.8 Å². The molecule has 1 atom stereocenters. The molecule has 2 aliphatic heterocycles. The van der Waals surface area contributed by atoms with Gasteiger partial charge in [0.05, 0.1) is 42.7 Å². The van der Waals surface area contributed by atoms with Gasteiger partial charge in [-0.3, -0.25) is 9.59 Å². The van der Waals surface area contributed by atoms with Gasteiger partial charge in [0, 0.05) is 49.7 Å². The van der Waals surface area contributed by atoms with Crippen molar-refractivity contribution in [3.8, 4) is 23.6 Å². The molecule has 4 aromatic heterocycles. The van der Waals surface area contributed by atoms with Gasteiger partial charge >= 0.3 is 0 Å². The third kappa shape index (κ3) is 6.59. The molecular weight excluding hydrogens is 720 g/mol. The van der Waals surface area contributed by atoms with Crippen LogP contribution in [0.25, 0.3) is 11.3 Å². The summed E-state index contributed by atoms with van der Waals surface area (Å²) in [5, 5.41) is 34.8. The Kier molecular flexibility index (Phi) is 9.49. The Morgan fingerprint density at radius 2 is 1.59 bits per heavy atom. The third-order valence-electron chi connectivity index (χ3n) is 9.86. The van der Waals surface area contributed by atoms with Gasteiger partial charge in [0.1, 0.15) is 58.9 Å². The van der Waals surface area contributed by atoms with Crippen LogP contribution in [0.1, 0.15) is 62.4 Å². The molecule has 2 aromatic carbocycles. The zero-order valence-electron chi connectivity index (χ0n) is 30.5. The van der Waals surface area contributed by atoms with E-state index in [-0.39, 0.29) is 68.7 Å². The number of rotatable bonds is 4. The molecule has 2 aliphatic rings. The zero-order valence-corrected chi connectivity index (χ0v) is 30.5. The fourth-order valence-corrected chi connectivity index (χ4v) is 6.97. The van der Waals surface area contributed by atoms with Crippen molar-refractivity contribution < 1.29 is 23.5 Å². The van der Waals surface area contributed by atoms with Crippen LogP contribution in [0.3, 0.4) is 0 Å². The van der Waals surface area contributed by atoms with E-state index in [9.17, 15) is 20.1 Å². The molecule has 0 saturated carbocycles. The molecule has 2 N–H and O–H groups in total. The van der Waals surface area contributed by atoms with Gasteiger partial charge in [-0.2, -0.15) is 20.7 Å². The van der Waals surface area contributed by atoms with E-state index >= 15 is 4.39 Å². The number of nitrogens with zero attached hydrogens (tertiary/aromatic N) is 10. The van der Waals surface area contributed by atoms with Gasteiger partial charge in [0.25, 0.3) is 11.8 Å². The summed E-state index contributed by atoms with van der Waals surface area (Å²) in [6.45, 7) is 5.05. The van der Waals surface area contributed by atoms with Gasteiger partial charge in [-0.25, -0.2) is 23.4 Å². The quantitative estimate of drug-likeness (QED) is 0.267. The molecule has 4 bridgehead atoms. The summed E-state index contributed by atoms with van der Waals surface area (Å²) < 4.78 is 31.8. The molecule has 0 spiro atoms. The molecular formula is C39H35FN12O4. The van der Waals surface area contributed by atoms with E-state index in [2.05, 4.69) is 33.0 Å². The van der Waals surface area contributed by atoms with Crippen LogP contribution in [-0.2, 0) is 19.5 Å². The van der Waals surface area contributed by atoms with Crippen molar-refractivity contribution in [3.05, 3.63) is 106 Å². The van der Waals surface area contributed by atoms with Gasteiger partial charge in [0.2, 0.25) is 0 Å². The molecule has 0 saturated heterocycles. The molecule has 0 fully saturated rings. The SMILES string of the molecule is CCN1Cc2c(C#N)c(F)cc(CCN3Cc4c(C#N)cccc4OCCNC(=O)c4cnn5ccc3nc45)c2O[C@@H](C)CNC(=O)c2cnn3ccc1nc23. The molecule has 0 radical (unpaired) electrons. The Morgan fingerprint density at radius 3 is 2.27 bits per heavy atom. The normalized spacial score (nSPS) is 16.0. The maximum Gasteiger partial charge on any atom is 0.256 e. The largest absolute Gasteiger partial charge is 0.491 e. The maximum atomic E-state index is 16.1. The van der Waals surface area contributed by atoms with E-state index in [4.69, 9.17) is 19.4 Å². The number of anilines is 2. The smallest absolute Gasteiger partial charge is 0.256 e. The number of carbonyl (C=O) groups excluding carboxylic acids is 2. The summed E-state index contributed by atoms with van der Waals surface area (Å²) in [5.41, 5.74) is 2.91. The van der Waals surface area contributed by atoms with Crippen LogP contribution in [0.5, 0.6) is 11.5 Å². The van der Waals surface area contributed by atoms with E-state index in [0.717, 1.165) is 0 Å². The third-order valence-corrected chi connectivity index (χ3v) is 9.86. The molecule has 16 nitrogen and oxygen atoms in total. The topological polar surface area (TPSA) is 191 Å². The fraction of sp³-hybridized carbons (Fsp3) is 0.282. The standard InChI is InChI=1S/C39H35FN12O4/c1-3-49-22-30-26(17-42)31(40)15-24(35(30)56-23(2)18-44-39(54)28-20-46-51-12-8-33(49)47-37(28)51)7-11-50-21-29-25(16-41)5-4-6-32(29)55-14-10-43-38(53)27-19-45-52-13-9-34(50)48-36(27)52/h4-6,8-9,12-13,15,19-20,23H,3,7,10-11,14,18,21-22H2,1-2H3,(H,43,53)(H,44,54)/t23-/m0/s1. The number of nitriles is 2. The Hall–Kier alpha value is -7.27. The monoisotopic (exact) mass is 754 g/mol. The van der Waals surface area contributed by atoms with Crippen molar-refractivity contribution in [1.29, 1.82) is 10.5 Å². The average molecular weight is 755 g/mol. The number of carbonyl (C=O) groups is 2. The Balaban J connectivity index is 1.23. The average Bonchev–Trinajstić information content (AvgIpc) is 3.84. The van der Waals surface area contributed by atoms with E-state index < -0.39 is 11.9 Å². The van der Waals surface area contributed by atoms with E-state index in [1.165, 1.54) is 27.5 Å². The summed E-state index contributed by atoms with van der Waals surface area (Å²) in [6.07, 6.45) is 5.90. The van der Waals surface area contributed by atoms with E-state index in [1.54, 1.807) is 49.6 Å². The minimum Gasteiger partial charge on any atom is -0.491 e. The molecule has 6 heterocycles. The van der Waals surface area contributed by atoms with Gasteiger partial charge in [-0.1, -0.05) is 6.07 Å². The van der Waals surface area contributed by atoms with Gasteiger partial charge in [-0.15, -0.1) is 0 Å². The van der Waals surface area contributed by atoms with Crippen LogP contribution >= 0.6 is 0 Å². The van der Waals surface area contributed by atoms with Crippen molar-refractivity contribution in [2.24, 2.45) is 0 Å². The van der Waals surface area contributed by atoms with Gasteiger partial charge in [-0.05, 0) is 56.2 Å². The highest BCUT2D eigenvalue weighted by molar-refractivity contribution is 6.00. The highest BCUT2D eigenvalue weighted by Gasteiger charge is 2.27. The summed E-state index contributed by atoms with van der Waals surface area (Å²) in [6, 6.07) is 14.3. The molecule has 17 heteroatoms. The van der Waals surface area contributed by atoms with Crippen LogP contribution < -0.4 is 29.9 Å². The van der Waals surface area contributed by atoms with Crippen LogP contribution in [0, 0.1) is 28.5 Å². The van der Waals surface area contributed by atoms with Gasteiger partial charge < -0.3 is 29.9 Å². The van der Waals surface area contributed by atoms with Crippen LogP contribution in [0.2, 0.25) is 0 Å². The van der Waals surface area contributed by atoms with Crippen molar-refractivity contribution in [2.75, 3.05) is 42.6 Å². The number of benzene rings is 2. The fourth-order valence-electron chi connectivity index (χ4n) is 6.97. The number of halogens is 1. The predicted molar refractivity (Wildman–Crippen MR) is 200 cm³/mol. The van der Waals surface area contributed by atoms with Crippen LogP contribution in [0.15, 0.2) is 61.2 Å². The number of amides is 2. The first-order valence-electron chi connectivity index (χ1n) is 18.1. The number of aromatic nitrogens is 6. The summed E-state index contributed by atoms with van der Waals surface area (Å²) in [7, 11) is 0. The lowest BCUT2D eigenvalue weighted by Crippen LogP contribution is -2.34. The highest BCUT2D eigenvalue weighted by atomic mass is 19.1. The first-order chi connectivity index (χ1) is 27.3. The number of fused-ring (bicyclic) bond motifs is 4. The minimum absolute atomic E-state index is 0.0739. The van der Waals surface area contributed by atoms with Crippen LogP contribution in [-0.4, -0.2) is 79.9 Å². The lowest BCUT2D eigenvalue weighted by molar-refractivity contribution is 0.0930. The first kappa shape index (κ1) is 35.7. The molecule has 8 rings (SSSR count). The Bertz CT molecular complexity index is 2610. The summed E-state index contributed by atoms with van der Waals surface area (Å²) >= 11 is 0. The Morgan fingerprint density at radius 1 is 0.911 bits per heavy atom. The number of ether oxygens (including phenoxy) is 2. The number of hydrogen-bond acceptors (Lipinski definition) is 12. The highest BCUT2D eigenvalue weighted by Crippen LogP contribution is 2.35. The zero-order chi connectivity index (χ0) is 38.9. The number of hydrogen-bond donors (Lipinski definition) is 2. The maximum absolute atomic E-state index is 16.1. The second-order valence-corrected chi connectivity index (χ2v) is 13.4. The van der Waals surface area contributed by atoms with Crippen molar-refractivity contribution >= 4 is 34.7 Å².